The zero-order valence-corrected chi connectivity index (χ0v) is 30.8. The van der Waals surface area contributed by atoms with E-state index < -0.39 is 24.2 Å². The van der Waals surface area contributed by atoms with Crippen molar-refractivity contribution in [3.8, 4) is 0 Å². The first kappa shape index (κ1) is 44.7. The number of urea groups is 1. The van der Waals surface area contributed by atoms with Crippen molar-refractivity contribution in [3.05, 3.63) is 24.3 Å². The Labute approximate surface area is 303 Å². The highest BCUT2D eigenvalue weighted by Gasteiger charge is 2.26. The van der Waals surface area contributed by atoms with Crippen molar-refractivity contribution in [2.75, 3.05) is 59.2 Å². The maximum atomic E-state index is 12.9. The molecule has 1 atom stereocenters. The van der Waals surface area contributed by atoms with Crippen molar-refractivity contribution in [2.45, 2.75) is 110 Å². The highest BCUT2D eigenvalue weighted by molar-refractivity contribution is 5.94. The van der Waals surface area contributed by atoms with Crippen LogP contribution in [0.2, 0.25) is 0 Å². The molecule has 0 spiro atoms. The van der Waals surface area contributed by atoms with Gasteiger partial charge in [-0.1, -0.05) is 38.8 Å². The van der Waals surface area contributed by atoms with Crippen LogP contribution < -0.4 is 21.3 Å². The molecule has 4 N–H and O–H groups in total. The zero-order chi connectivity index (χ0) is 37.7. The van der Waals surface area contributed by atoms with Crippen LogP contribution in [0.25, 0.3) is 0 Å². The molecule has 1 rings (SSSR count). The maximum Gasteiger partial charge on any atom is 0.407 e. The molecule has 0 aliphatic carbocycles. The van der Waals surface area contributed by atoms with Crippen LogP contribution in [0.3, 0.4) is 0 Å². The number of unbranched alkanes of at least 4 members (excludes halogenated alkanes) is 6. The summed E-state index contributed by atoms with van der Waals surface area (Å²) >= 11 is 0. The van der Waals surface area contributed by atoms with Crippen molar-refractivity contribution < 1.29 is 47.7 Å². The number of alkyl carbamates (subject to hydrolysis) is 3. The van der Waals surface area contributed by atoms with Crippen LogP contribution in [0.5, 0.6) is 0 Å². The third-order valence-electron chi connectivity index (χ3n) is 8.02. The molecule has 15 nitrogen and oxygen atoms in total. The van der Waals surface area contributed by atoms with Gasteiger partial charge in [0.15, 0.2) is 5.78 Å². The van der Waals surface area contributed by atoms with Crippen LogP contribution in [0, 0.1) is 0 Å². The van der Waals surface area contributed by atoms with E-state index in [1.54, 1.807) is 6.92 Å². The number of Topliss-reactive ketones (excluding diaryl/α,β-unsaturated/α-hetero) is 1. The average molecular weight is 724 g/mol. The van der Waals surface area contributed by atoms with Crippen molar-refractivity contribution in [3.63, 3.8) is 0 Å². The van der Waals surface area contributed by atoms with E-state index >= 15 is 0 Å². The van der Waals surface area contributed by atoms with Crippen LogP contribution in [0.4, 0.5) is 19.2 Å². The van der Waals surface area contributed by atoms with Crippen LogP contribution in [-0.2, 0) is 28.5 Å². The summed E-state index contributed by atoms with van der Waals surface area (Å²) in [5, 5.41) is 11.1. The first-order valence-corrected chi connectivity index (χ1v) is 18.3. The molecule has 1 saturated heterocycles. The third-order valence-corrected chi connectivity index (χ3v) is 8.02. The summed E-state index contributed by atoms with van der Waals surface area (Å²) < 4.78 is 20.2. The summed E-state index contributed by atoms with van der Waals surface area (Å²) in [6, 6.07) is -0.0684. The predicted octanol–water partition coefficient (Wildman–Crippen LogP) is 5.28. The van der Waals surface area contributed by atoms with Gasteiger partial charge in [0.2, 0.25) is 0 Å². The van der Waals surface area contributed by atoms with Gasteiger partial charge in [-0.05, 0) is 70.8 Å². The van der Waals surface area contributed by atoms with Gasteiger partial charge in [0.1, 0.15) is 13.2 Å². The van der Waals surface area contributed by atoms with Gasteiger partial charge in [-0.2, -0.15) is 0 Å². The average Bonchev–Trinajstić information content (AvgIpc) is 3.10. The standard InChI is InChI=1S/C36H61N5O10/c1-28(2)31(42)17-15-24-49-34(45)38-20-11-6-5-10-19-37-33(44)41-23-14-9-16-30(41)18-25-50-35(46)39-21-12-7-8-13-22-40-36(47)51-27-26-48-32(43)29(3)4/h30H,1,3,5-27H2,2,4H3,(H,37,44)(H,38,45)(H,39,46)(H,40,47). The number of ketones is 1. The number of ether oxygens (including phenoxy) is 4. The number of piperidine rings is 1. The van der Waals surface area contributed by atoms with Crippen LogP contribution in [0.15, 0.2) is 24.3 Å². The maximum absolute atomic E-state index is 12.9. The van der Waals surface area contributed by atoms with Crippen molar-refractivity contribution in [2.24, 2.45) is 0 Å². The largest absolute Gasteiger partial charge is 0.459 e. The van der Waals surface area contributed by atoms with Crippen molar-refractivity contribution in [1.29, 1.82) is 0 Å². The Kier molecular flexibility index (Phi) is 24.9. The van der Waals surface area contributed by atoms with Gasteiger partial charge >= 0.3 is 30.3 Å². The Hall–Kier alpha value is -4.30. The summed E-state index contributed by atoms with van der Waals surface area (Å²) in [4.78, 5) is 72.9. The molecule has 1 aliphatic rings. The molecule has 290 valence electrons. The normalized spacial score (nSPS) is 13.7. The van der Waals surface area contributed by atoms with Gasteiger partial charge in [0.05, 0.1) is 13.2 Å². The zero-order valence-electron chi connectivity index (χ0n) is 30.8. The van der Waals surface area contributed by atoms with E-state index in [1.165, 1.54) is 6.92 Å². The molecule has 0 aromatic rings. The van der Waals surface area contributed by atoms with Crippen LogP contribution >= 0.6 is 0 Å². The van der Waals surface area contributed by atoms with E-state index in [2.05, 4.69) is 34.4 Å². The van der Waals surface area contributed by atoms with Crippen molar-refractivity contribution in [1.82, 2.24) is 26.2 Å². The second-order valence-corrected chi connectivity index (χ2v) is 12.6. The number of likely N-dealkylation sites (tertiary alicyclic amines) is 1. The highest BCUT2D eigenvalue weighted by atomic mass is 16.6. The van der Waals surface area contributed by atoms with E-state index in [0.29, 0.717) is 57.6 Å². The summed E-state index contributed by atoms with van der Waals surface area (Å²) in [7, 11) is 0. The number of amides is 5. The summed E-state index contributed by atoms with van der Waals surface area (Å²) in [6.45, 7) is 13.3. The fourth-order valence-corrected chi connectivity index (χ4v) is 5.09. The monoisotopic (exact) mass is 723 g/mol. The number of hydrogen-bond acceptors (Lipinski definition) is 10. The van der Waals surface area contributed by atoms with E-state index in [9.17, 15) is 28.8 Å². The Morgan fingerprint density at radius 2 is 1.08 bits per heavy atom. The fourth-order valence-electron chi connectivity index (χ4n) is 5.09. The molecule has 0 aromatic heterocycles. The van der Waals surface area contributed by atoms with Crippen LogP contribution in [-0.4, -0.2) is 106 Å². The molecule has 15 heteroatoms. The summed E-state index contributed by atoms with van der Waals surface area (Å²) in [5.41, 5.74) is 0.789. The summed E-state index contributed by atoms with van der Waals surface area (Å²) in [5.74, 6) is -0.548. The number of esters is 1. The quantitative estimate of drug-likeness (QED) is 0.0395. The molecule has 0 saturated carbocycles. The number of carbonyl (C=O) groups is 6. The van der Waals surface area contributed by atoms with E-state index in [1.807, 2.05) is 4.90 Å². The molecule has 1 aliphatic heterocycles. The van der Waals surface area contributed by atoms with Gasteiger partial charge in [-0.15, -0.1) is 0 Å². The molecule has 5 amide bonds. The Morgan fingerprint density at radius 1 is 0.588 bits per heavy atom. The lowest BCUT2D eigenvalue weighted by Gasteiger charge is -2.35. The number of carbonyl (C=O) groups excluding carboxylic acids is 6. The first-order chi connectivity index (χ1) is 24.5. The van der Waals surface area contributed by atoms with Gasteiger partial charge < -0.3 is 45.1 Å². The summed E-state index contributed by atoms with van der Waals surface area (Å²) in [6.07, 6.45) is 9.43. The predicted molar refractivity (Wildman–Crippen MR) is 192 cm³/mol. The lowest BCUT2D eigenvalue weighted by atomic mass is 10.00. The van der Waals surface area contributed by atoms with Gasteiger partial charge in [0, 0.05) is 57.2 Å². The lowest BCUT2D eigenvalue weighted by molar-refractivity contribution is -0.139. The minimum atomic E-state index is -0.568. The third kappa shape index (κ3) is 23.7. The molecule has 1 unspecified atom stereocenters. The first-order valence-electron chi connectivity index (χ1n) is 18.3. The topological polar surface area (TPSA) is 191 Å². The minimum absolute atomic E-state index is 0.0222. The van der Waals surface area contributed by atoms with Gasteiger partial charge in [-0.25, -0.2) is 24.0 Å². The molecular weight excluding hydrogens is 662 g/mol. The van der Waals surface area contributed by atoms with E-state index in [0.717, 1.165) is 70.6 Å². The Morgan fingerprint density at radius 3 is 1.61 bits per heavy atom. The Balaban J connectivity index is 2.04. The molecule has 0 bridgehead atoms. The number of nitrogens with one attached hydrogen (secondary N) is 4. The Bertz CT molecular complexity index is 1120. The SMILES string of the molecule is C=C(C)C(=O)CCCOC(=O)NCCCCCCNC(=O)N1CCCCC1CCOC(=O)NCCCCCCNC(=O)OCCOC(=O)C(=C)C. The van der Waals surface area contributed by atoms with Crippen LogP contribution in [0.1, 0.15) is 104 Å². The number of nitrogens with zero attached hydrogens (tertiary/aromatic N) is 1. The molecule has 1 heterocycles. The highest BCUT2D eigenvalue weighted by Crippen LogP contribution is 2.20. The lowest BCUT2D eigenvalue weighted by Crippen LogP contribution is -2.49. The molecule has 1 fully saturated rings. The van der Waals surface area contributed by atoms with Gasteiger partial charge in [0.25, 0.3) is 0 Å². The molecule has 0 radical (unpaired) electrons. The van der Waals surface area contributed by atoms with E-state index in [4.69, 9.17) is 18.9 Å². The minimum Gasteiger partial charge on any atom is -0.459 e. The van der Waals surface area contributed by atoms with Crippen molar-refractivity contribution >= 4 is 36.1 Å². The second kappa shape index (κ2) is 28.4. The molecule has 0 aromatic carbocycles. The molecule has 51 heavy (non-hydrogen) atoms. The number of hydrogen-bond donors (Lipinski definition) is 4. The van der Waals surface area contributed by atoms with E-state index in [-0.39, 0.29) is 49.9 Å². The smallest absolute Gasteiger partial charge is 0.407 e. The number of rotatable bonds is 26. The number of allylic oxidation sites excluding steroid dienone is 1. The second-order valence-electron chi connectivity index (χ2n) is 12.6. The molecular formula is C36H61N5O10. The fraction of sp³-hybridized carbons (Fsp3) is 0.722. The van der Waals surface area contributed by atoms with Gasteiger partial charge in [-0.3, -0.25) is 4.79 Å².